The standard InChI is InChI=1S/C12H13N3O2/c1-8-12(13-7-11(16)17-2)15-10-6-4-3-5-9(10)14-8/h3-6H,7H2,1-2H3,(H,13,15). The Balaban J connectivity index is 2.28. The number of nitrogens with zero attached hydrogens (tertiary/aromatic N) is 2. The van der Waals surface area contributed by atoms with E-state index in [1.165, 1.54) is 7.11 Å². The predicted octanol–water partition coefficient (Wildman–Crippen LogP) is 1.52. The van der Waals surface area contributed by atoms with Gasteiger partial charge in [-0.15, -0.1) is 0 Å². The molecule has 0 radical (unpaired) electrons. The van der Waals surface area contributed by atoms with Crippen LogP contribution in [0.25, 0.3) is 11.0 Å². The van der Waals surface area contributed by atoms with Gasteiger partial charge in [-0.05, 0) is 19.1 Å². The number of hydrogen-bond acceptors (Lipinski definition) is 5. The first kappa shape index (κ1) is 11.3. The Hall–Kier alpha value is -2.17. The van der Waals surface area contributed by atoms with Gasteiger partial charge in [0.1, 0.15) is 12.4 Å². The molecule has 1 N–H and O–H groups in total. The van der Waals surface area contributed by atoms with Crippen molar-refractivity contribution in [2.75, 3.05) is 19.0 Å². The topological polar surface area (TPSA) is 64.1 Å². The molecule has 2 rings (SSSR count). The van der Waals surface area contributed by atoms with Gasteiger partial charge in [0.2, 0.25) is 0 Å². The zero-order valence-electron chi connectivity index (χ0n) is 9.73. The highest BCUT2D eigenvalue weighted by molar-refractivity contribution is 5.78. The number of carbonyl (C=O) groups is 1. The van der Waals surface area contributed by atoms with Crippen LogP contribution in [0.15, 0.2) is 24.3 Å². The van der Waals surface area contributed by atoms with Crippen molar-refractivity contribution in [2.24, 2.45) is 0 Å². The summed E-state index contributed by atoms with van der Waals surface area (Å²) in [5.41, 5.74) is 2.40. The van der Waals surface area contributed by atoms with Crippen LogP contribution in [0.3, 0.4) is 0 Å². The minimum atomic E-state index is -0.334. The van der Waals surface area contributed by atoms with Crippen molar-refractivity contribution in [3.8, 4) is 0 Å². The Labute approximate surface area is 98.8 Å². The van der Waals surface area contributed by atoms with Crippen LogP contribution in [-0.4, -0.2) is 29.6 Å². The summed E-state index contributed by atoms with van der Waals surface area (Å²) in [5, 5.41) is 2.91. The molecule has 0 aliphatic heterocycles. The van der Waals surface area contributed by atoms with Crippen molar-refractivity contribution in [3.05, 3.63) is 30.0 Å². The Morgan fingerprint density at radius 3 is 2.59 bits per heavy atom. The number of nitrogens with one attached hydrogen (secondary N) is 1. The van der Waals surface area contributed by atoms with Crippen molar-refractivity contribution in [3.63, 3.8) is 0 Å². The van der Waals surface area contributed by atoms with Crippen LogP contribution in [0.4, 0.5) is 5.82 Å². The molecule has 0 fully saturated rings. The van der Waals surface area contributed by atoms with Gasteiger partial charge in [0.05, 0.1) is 23.8 Å². The first-order valence-electron chi connectivity index (χ1n) is 5.25. The molecule has 0 atom stereocenters. The number of methoxy groups -OCH3 is 1. The molecule has 0 amide bonds. The van der Waals surface area contributed by atoms with Gasteiger partial charge >= 0.3 is 5.97 Å². The maximum Gasteiger partial charge on any atom is 0.325 e. The fourth-order valence-corrected chi connectivity index (χ4v) is 1.48. The van der Waals surface area contributed by atoms with Crippen LogP contribution in [0.2, 0.25) is 0 Å². The summed E-state index contributed by atoms with van der Waals surface area (Å²) in [6.07, 6.45) is 0. The number of rotatable bonds is 3. The SMILES string of the molecule is COC(=O)CNc1nc2ccccc2nc1C. The van der Waals surface area contributed by atoms with E-state index in [4.69, 9.17) is 0 Å². The lowest BCUT2D eigenvalue weighted by molar-refractivity contribution is -0.138. The normalized spacial score (nSPS) is 10.2. The largest absolute Gasteiger partial charge is 0.468 e. The van der Waals surface area contributed by atoms with E-state index in [-0.39, 0.29) is 12.5 Å². The molecule has 88 valence electrons. The highest BCUT2D eigenvalue weighted by atomic mass is 16.5. The maximum atomic E-state index is 11.0. The van der Waals surface area contributed by atoms with Crippen LogP contribution in [0.5, 0.6) is 0 Å². The molecule has 5 heteroatoms. The van der Waals surface area contributed by atoms with Crippen LogP contribution in [-0.2, 0) is 9.53 Å². The average molecular weight is 231 g/mol. The molecule has 0 saturated heterocycles. The summed E-state index contributed by atoms with van der Waals surface area (Å²) in [7, 11) is 1.35. The van der Waals surface area contributed by atoms with Crippen molar-refractivity contribution in [2.45, 2.75) is 6.92 Å². The minimum Gasteiger partial charge on any atom is -0.468 e. The molecule has 1 aromatic carbocycles. The molecular formula is C12H13N3O2. The van der Waals surface area contributed by atoms with E-state index in [1.807, 2.05) is 31.2 Å². The summed E-state index contributed by atoms with van der Waals surface area (Å²) >= 11 is 0. The van der Waals surface area contributed by atoms with Gasteiger partial charge in [-0.2, -0.15) is 0 Å². The minimum absolute atomic E-state index is 0.0877. The molecule has 1 aromatic heterocycles. The summed E-state index contributed by atoms with van der Waals surface area (Å²) in [6, 6.07) is 7.60. The monoisotopic (exact) mass is 231 g/mol. The van der Waals surface area contributed by atoms with Crippen LogP contribution in [0.1, 0.15) is 5.69 Å². The quantitative estimate of drug-likeness (QED) is 0.811. The lowest BCUT2D eigenvalue weighted by Gasteiger charge is -2.08. The number of aromatic nitrogens is 2. The van der Waals surface area contributed by atoms with E-state index in [9.17, 15) is 4.79 Å². The number of esters is 1. The predicted molar refractivity (Wildman–Crippen MR) is 64.8 cm³/mol. The molecule has 2 aromatic rings. The van der Waals surface area contributed by atoms with E-state index < -0.39 is 0 Å². The molecule has 17 heavy (non-hydrogen) atoms. The number of ether oxygens (including phenoxy) is 1. The fraction of sp³-hybridized carbons (Fsp3) is 0.250. The molecule has 0 unspecified atom stereocenters. The number of carbonyl (C=O) groups excluding carboxylic acids is 1. The zero-order chi connectivity index (χ0) is 12.3. The average Bonchev–Trinajstić information content (AvgIpc) is 2.35. The second kappa shape index (κ2) is 4.78. The van der Waals surface area contributed by atoms with Crippen LogP contribution in [0, 0.1) is 6.92 Å². The van der Waals surface area contributed by atoms with Crippen molar-refractivity contribution < 1.29 is 9.53 Å². The lowest BCUT2D eigenvalue weighted by atomic mass is 10.3. The number of benzene rings is 1. The maximum absolute atomic E-state index is 11.0. The second-order valence-corrected chi connectivity index (χ2v) is 3.58. The summed E-state index contributed by atoms with van der Waals surface area (Å²) in [4.78, 5) is 19.8. The highest BCUT2D eigenvalue weighted by Crippen LogP contribution is 2.15. The molecule has 1 heterocycles. The van der Waals surface area contributed by atoms with E-state index in [2.05, 4.69) is 20.0 Å². The number of fused-ring (bicyclic) bond motifs is 1. The third-order valence-electron chi connectivity index (χ3n) is 2.37. The first-order chi connectivity index (χ1) is 8.20. The van der Waals surface area contributed by atoms with Gasteiger partial charge in [0, 0.05) is 0 Å². The molecule has 0 aliphatic rings. The van der Waals surface area contributed by atoms with Crippen molar-refractivity contribution >= 4 is 22.8 Å². The molecule has 0 bridgehead atoms. The third kappa shape index (κ3) is 2.50. The highest BCUT2D eigenvalue weighted by Gasteiger charge is 2.06. The lowest BCUT2D eigenvalue weighted by Crippen LogP contribution is -2.16. The Morgan fingerprint density at radius 1 is 1.29 bits per heavy atom. The van der Waals surface area contributed by atoms with Crippen molar-refractivity contribution in [1.82, 2.24) is 9.97 Å². The molecule has 0 spiro atoms. The van der Waals surface area contributed by atoms with Gasteiger partial charge in [-0.25, -0.2) is 9.97 Å². The third-order valence-corrected chi connectivity index (χ3v) is 2.37. The Morgan fingerprint density at radius 2 is 1.94 bits per heavy atom. The van der Waals surface area contributed by atoms with Gasteiger partial charge in [-0.3, -0.25) is 4.79 Å². The Bertz CT molecular complexity index is 554. The van der Waals surface area contributed by atoms with E-state index in [0.29, 0.717) is 5.82 Å². The summed E-state index contributed by atoms with van der Waals surface area (Å²) in [6.45, 7) is 1.93. The first-order valence-corrected chi connectivity index (χ1v) is 5.25. The van der Waals surface area contributed by atoms with Gasteiger partial charge in [0.25, 0.3) is 0 Å². The smallest absolute Gasteiger partial charge is 0.325 e. The second-order valence-electron chi connectivity index (χ2n) is 3.58. The summed E-state index contributed by atoms with van der Waals surface area (Å²) < 4.78 is 4.55. The molecule has 0 saturated carbocycles. The van der Waals surface area contributed by atoms with Gasteiger partial charge in [-0.1, -0.05) is 12.1 Å². The molecular weight excluding hydrogens is 218 g/mol. The van der Waals surface area contributed by atoms with Gasteiger partial charge in [0.15, 0.2) is 0 Å². The van der Waals surface area contributed by atoms with Crippen LogP contribution < -0.4 is 5.32 Å². The number of aryl methyl sites for hydroxylation is 1. The molecule has 0 aliphatic carbocycles. The van der Waals surface area contributed by atoms with Crippen molar-refractivity contribution in [1.29, 1.82) is 0 Å². The number of anilines is 1. The zero-order valence-corrected chi connectivity index (χ0v) is 9.73. The van der Waals surface area contributed by atoms with Gasteiger partial charge < -0.3 is 10.1 Å². The van der Waals surface area contributed by atoms with E-state index in [1.54, 1.807) is 0 Å². The van der Waals surface area contributed by atoms with Crippen LogP contribution >= 0.6 is 0 Å². The van der Waals surface area contributed by atoms with E-state index in [0.717, 1.165) is 16.7 Å². The number of para-hydroxylation sites is 2. The summed E-state index contributed by atoms with van der Waals surface area (Å²) in [5.74, 6) is 0.272. The molecule has 5 nitrogen and oxygen atoms in total. The Kier molecular flexibility index (Phi) is 3.18. The number of hydrogen-bond donors (Lipinski definition) is 1. The fourth-order valence-electron chi connectivity index (χ4n) is 1.48. The van der Waals surface area contributed by atoms with E-state index >= 15 is 0 Å².